The second-order valence-corrected chi connectivity index (χ2v) is 8.88. The van der Waals surface area contributed by atoms with Gasteiger partial charge in [0.15, 0.2) is 11.5 Å². The number of carbonyl (C=O) groups excluding carboxylic acids is 2. The fourth-order valence-electron chi connectivity index (χ4n) is 4.32. The number of nitrogens with one attached hydrogen (secondary N) is 2. The van der Waals surface area contributed by atoms with Crippen molar-refractivity contribution in [2.75, 3.05) is 18.5 Å². The summed E-state index contributed by atoms with van der Waals surface area (Å²) >= 11 is 0. The minimum Gasteiger partial charge on any atom is -0.461 e. The van der Waals surface area contributed by atoms with Crippen LogP contribution in [0.25, 0.3) is 0 Å². The molecule has 4 rings (SSSR count). The lowest BCUT2D eigenvalue weighted by Crippen LogP contribution is -2.41. The molecule has 9 heteroatoms. The summed E-state index contributed by atoms with van der Waals surface area (Å²) in [5.74, 6) is 0.0868. The van der Waals surface area contributed by atoms with Crippen molar-refractivity contribution in [3.05, 3.63) is 83.8 Å². The van der Waals surface area contributed by atoms with Gasteiger partial charge in [-0.25, -0.2) is 0 Å². The summed E-state index contributed by atoms with van der Waals surface area (Å²) in [6.45, 7) is 1.06. The van der Waals surface area contributed by atoms with Crippen molar-refractivity contribution in [3.63, 3.8) is 0 Å². The molecule has 190 valence electrons. The first-order valence-corrected chi connectivity index (χ1v) is 11.7. The number of alkyl halides is 3. The van der Waals surface area contributed by atoms with Crippen LogP contribution in [0.2, 0.25) is 0 Å². The first-order valence-electron chi connectivity index (χ1n) is 11.7. The van der Waals surface area contributed by atoms with E-state index in [9.17, 15) is 22.8 Å². The lowest BCUT2D eigenvalue weighted by Gasteiger charge is -2.26. The highest BCUT2D eigenvalue weighted by atomic mass is 19.4. The lowest BCUT2D eigenvalue weighted by molar-refractivity contribution is -0.137. The smallest absolute Gasteiger partial charge is 0.418 e. The standard InChI is InChI=1S/C27H27F3N2O4/c28-27(29,30)21-5-1-2-6-22(21)32-20-11-9-19(10-12-20)17-31-25(34)26(14-16-35-18-26)13-3-7-23(33)24-8-4-15-36-24/h1-2,4-6,8-12,15,32H,3,7,13-14,16-18H2,(H,31,34)/t26-/m1/s1. The maximum Gasteiger partial charge on any atom is 0.418 e. The molecular formula is C27H27F3N2O4. The van der Waals surface area contributed by atoms with E-state index in [2.05, 4.69) is 10.6 Å². The van der Waals surface area contributed by atoms with Gasteiger partial charge < -0.3 is 19.8 Å². The number of ketones is 1. The number of furan rings is 1. The van der Waals surface area contributed by atoms with Crippen molar-refractivity contribution in [2.24, 2.45) is 5.41 Å². The average Bonchev–Trinajstić information content (AvgIpc) is 3.56. The minimum atomic E-state index is -4.46. The molecule has 1 atom stereocenters. The zero-order valence-corrected chi connectivity index (χ0v) is 19.6. The fraction of sp³-hybridized carbons (Fsp3) is 0.333. The van der Waals surface area contributed by atoms with E-state index in [1.54, 1.807) is 36.4 Å². The summed E-state index contributed by atoms with van der Waals surface area (Å²) in [6, 6.07) is 15.4. The molecule has 1 aromatic heterocycles. The van der Waals surface area contributed by atoms with Gasteiger partial charge in [0, 0.05) is 25.3 Å². The zero-order valence-electron chi connectivity index (χ0n) is 19.6. The molecule has 0 aliphatic carbocycles. The van der Waals surface area contributed by atoms with Crippen molar-refractivity contribution in [3.8, 4) is 0 Å². The molecule has 0 bridgehead atoms. The molecule has 1 fully saturated rings. The number of carbonyl (C=O) groups is 2. The molecule has 1 amide bonds. The zero-order chi connectivity index (χ0) is 25.6. The number of hydrogen-bond acceptors (Lipinski definition) is 5. The van der Waals surface area contributed by atoms with Crippen LogP contribution >= 0.6 is 0 Å². The van der Waals surface area contributed by atoms with Gasteiger partial charge in [-0.3, -0.25) is 9.59 Å². The number of ether oxygens (including phenoxy) is 1. The second-order valence-electron chi connectivity index (χ2n) is 8.88. The molecule has 1 saturated heterocycles. The number of anilines is 2. The first kappa shape index (κ1) is 25.5. The number of rotatable bonds is 10. The van der Waals surface area contributed by atoms with E-state index in [0.29, 0.717) is 43.9 Å². The number of halogens is 3. The van der Waals surface area contributed by atoms with Crippen LogP contribution in [0.15, 0.2) is 71.3 Å². The summed E-state index contributed by atoms with van der Waals surface area (Å²) in [4.78, 5) is 25.3. The van der Waals surface area contributed by atoms with Crippen LogP contribution in [0.4, 0.5) is 24.5 Å². The van der Waals surface area contributed by atoms with Gasteiger partial charge in [0.1, 0.15) is 0 Å². The topological polar surface area (TPSA) is 80.6 Å². The van der Waals surface area contributed by atoms with Gasteiger partial charge in [0.05, 0.1) is 29.5 Å². The predicted octanol–water partition coefficient (Wildman–Crippen LogP) is 6.12. The highest BCUT2D eigenvalue weighted by molar-refractivity contribution is 5.93. The van der Waals surface area contributed by atoms with Crippen LogP contribution in [0, 0.1) is 5.41 Å². The van der Waals surface area contributed by atoms with Crippen LogP contribution in [0.3, 0.4) is 0 Å². The number of hydrogen-bond donors (Lipinski definition) is 2. The van der Waals surface area contributed by atoms with E-state index in [1.165, 1.54) is 24.5 Å². The molecule has 0 radical (unpaired) electrons. The predicted molar refractivity (Wildman–Crippen MR) is 128 cm³/mol. The van der Waals surface area contributed by atoms with Crippen LogP contribution in [0.5, 0.6) is 0 Å². The lowest BCUT2D eigenvalue weighted by atomic mass is 9.80. The van der Waals surface area contributed by atoms with Crippen molar-refractivity contribution in [1.29, 1.82) is 0 Å². The Hall–Kier alpha value is -3.59. The Morgan fingerprint density at radius 3 is 2.44 bits per heavy atom. The quantitative estimate of drug-likeness (QED) is 0.328. The number of benzene rings is 2. The Kier molecular flexibility index (Phi) is 7.79. The number of Topliss-reactive ketones (excluding diaryl/α,β-unsaturated/α-hetero) is 1. The molecule has 6 nitrogen and oxygen atoms in total. The molecule has 3 aromatic rings. The van der Waals surface area contributed by atoms with E-state index < -0.39 is 17.2 Å². The molecule has 1 aliphatic heterocycles. The highest BCUT2D eigenvalue weighted by Gasteiger charge is 2.41. The summed E-state index contributed by atoms with van der Waals surface area (Å²) in [6.07, 6.45) is -1.08. The fourth-order valence-corrected chi connectivity index (χ4v) is 4.32. The van der Waals surface area contributed by atoms with Crippen LogP contribution in [-0.2, 0) is 22.3 Å². The van der Waals surface area contributed by atoms with E-state index in [0.717, 1.165) is 11.6 Å². The first-order chi connectivity index (χ1) is 17.3. The van der Waals surface area contributed by atoms with Crippen LogP contribution in [-0.4, -0.2) is 24.9 Å². The van der Waals surface area contributed by atoms with Gasteiger partial charge in [-0.1, -0.05) is 24.3 Å². The third kappa shape index (κ3) is 6.15. The molecule has 2 N–H and O–H groups in total. The molecule has 2 aromatic carbocycles. The van der Waals surface area contributed by atoms with Crippen molar-refractivity contribution < 1.29 is 31.9 Å². The highest BCUT2D eigenvalue weighted by Crippen LogP contribution is 2.36. The third-order valence-electron chi connectivity index (χ3n) is 6.36. The molecule has 0 spiro atoms. The molecule has 2 heterocycles. The van der Waals surface area contributed by atoms with Gasteiger partial charge in [-0.2, -0.15) is 13.2 Å². The molecule has 1 aliphatic rings. The third-order valence-corrected chi connectivity index (χ3v) is 6.36. The van der Waals surface area contributed by atoms with Crippen molar-refractivity contribution in [2.45, 2.75) is 38.4 Å². The SMILES string of the molecule is O=C(CCC[C@@]1(C(=O)NCc2ccc(Nc3ccccc3C(F)(F)F)cc2)CCOC1)c1ccco1. The summed E-state index contributed by atoms with van der Waals surface area (Å²) < 4.78 is 50.3. The second kappa shape index (κ2) is 11.0. The summed E-state index contributed by atoms with van der Waals surface area (Å²) in [7, 11) is 0. The summed E-state index contributed by atoms with van der Waals surface area (Å²) in [5, 5.41) is 5.76. The Bertz CT molecular complexity index is 1170. The van der Waals surface area contributed by atoms with E-state index in [1.807, 2.05) is 0 Å². The number of para-hydroxylation sites is 1. The van der Waals surface area contributed by atoms with Crippen molar-refractivity contribution in [1.82, 2.24) is 5.32 Å². The van der Waals surface area contributed by atoms with Crippen molar-refractivity contribution >= 4 is 23.1 Å². The molecule has 0 unspecified atom stereocenters. The van der Waals surface area contributed by atoms with Gasteiger partial charge >= 0.3 is 6.18 Å². The Morgan fingerprint density at radius 1 is 1.00 bits per heavy atom. The average molecular weight is 501 g/mol. The Morgan fingerprint density at radius 2 is 1.78 bits per heavy atom. The van der Waals surface area contributed by atoms with Gasteiger partial charge in [0.25, 0.3) is 0 Å². The van der Waals surface area contributed by atoms with E-state index in [4.69, 9.17) is 9.15 Å². The number of amides is 1. The van der Waals surface area contributed by atoms with Gasteiger partial charge in [-0.15, -0.1) is 0 Å². The maximum atomic E-state index is 13.2. The normalized spacial score (nSPS) is 17.6. The monoisotopic (exact) mass is 500 g/mol. The Labute approximate surface area is 206 Å². The molecule has 36 heavy (non-hydrogen) atoms. The van der Waals surface area contributed by atoms with E-state index in [-0.39, 0.29) is 30.3 Å². The van der Waals surface area contributed by atoms with Gasteiger partial charge in [-0.05, 0) is 61.2 Å². The van der Waals surface area contributed by atoms with Crippen LogP contribution < -0.4 is 10.6 Å². The molecule has 0 saturated carbocycles. The maximum absolute atomic E-state index is 13.2. The van der Waals surface area contributed by atoms with E-state index >= 15 is 0 Å². The summed E-state index contributed by atoms with van der Waals surface area (Å²) in [5.41, 5.74) is -0.147. The minimum absolute atomic E-state index is 0.0280. The Balaban J connectivity index is 1.32. The largest absolute Gasteiger partial charge is 0.461 e. The van der Waals surface area contributed by atoms with Gasteiger partial charge in [0.2, 0.25) is 5.91 Å². The van der Waals surface area contributed by atoms with Crippen LogP contribution in [0.1, 0.15) is 47.4 Å². The molecular weight excluding hydrogens is 473 g/mol.